The summed E-state index contributed by atoms with van der Waals surface area (Å²) in [6.07, 6.45) is 2.61. The second-order valence-electron chi connectivity index (χ2n) is 7.77. The highest BCUT2D eigenvalue weighted by atomic mass is 35.5. The van der Waals surface area contributed by atoms with Crippen molar-refractivity contribution in [3.8, 4) is 5.75 Å². The number of nitrogens with two attached hydrogens (primary N) is 1. The summed E-state index contributed by atoms with van der Waals surface area (Å²) in [7, 11) is 0. The zero-order valence-electron chi connectivity index (χ0n) is 17.3. The van der Waals surface area contributed by atoms with Crippen LogP contribution in [-0.2, 0) is 4.79 Å². The number of anilines is 1. The Balaban J connectivity index is 0.000000199. The first-order valence-electron chi connectivity index (χ1n) is 9.73. The van der Waals surface area contributed by atoms with Gasteiger partial charge in [0.1, 0.15) is 11.4 Å². The Morgan fingerprint density at radius 1 is 1.27 bits per heavy atom. The number of Topliss-reactive ketones (excluding diaryl/α,β-unsaturated/α-hetero) is 2. The summed E-state index contributed by atoms with van der Waals surface area (Å²) in [5.41, 5.74) is 7.83. The molecular formula is C22H25ClN2O4S. The molecule has 0 atom stereocenters. The number of ketones is 2. The van der Waals surface area contributed by atoms with Gasteiger partial charge in [0.25, 0.3) is 0 Å². The fourth-order valence-corrected chi connectivity index (χ4v) is 4.88. The molecule has 160 valence electrons. The van der Waals surface area contributed by atoms with Gasteiger partial charge in [-0.05, 0) is 50.1 Å². The van der Waals surface area contributed by atoms with Crippen LogP contribution in [0.2, 0.25) is 5.02 Å². The molecule has 3 heterocycles. The number of nitrogen functional groups attached to an aromatic ring is 1. The lowest BCUT2D eigenvalue weighted by molar-refractivity contribution is -0.121. The number of piperidine rings is 1. The van der Waals surface area contributed by atoms with Gasteiger partial charge < -0.3 is 15.4 Å². The van der Waals surface area contributed by atoms with Crippen molar-refractivity contribution in [3.63, 3.8) is 0 Å². The Kier molecular flexibility index (Phi) is 6.53. The molecule has 0 aliphatic carbocycles. The van der Waals surface area contributed by atoms with E-state index in [4.69, 9.17) is 22.1 Å². The van der Waals surface area contributed by atoms with Crippen LogP contribution >= 0.6 is 22.9 Å². The molecule has 2 aliphatic rings. The maximum Gasteiger partial charge on any atom is 0.209 e. The van der Waals surface area contributed by atoms with E-state index in [9.17, 15) is 14.4 Å². The van der Waals surface area contributed by atoms with Gasteiger partial charge in [0, 0.05) is 31.0 Å². The number of hydrogen-bond acceptors (Lipinski definition) is 6. The molecule has 1 amide bonds. The molecule has 2 N–H and O–H groups in total. The fourth-order valence-electron chi connectivity index (χ4n) is 3.74. The van der Waals surface area contributed by atoms with Crippen LogP contribution in [0.1, 0.15) is 57.3 Å². The molecule has 0 unspecified atom stereocenters. The zero-order valence-corrected chi connectivity index (χ0v) is 18.9. The van der Waals surface area contributed by atoms with Gasteiger partial charge in [-0.3, -0.25) is 14.4 Å². The van der Waals surface area contributed by atoms with Gasteiger partial charge in [0.15, 0.2) is 11.6 Å². The van der Waals surface area contributed by atoms with Crippen molar-refractivity contribution in [1.29, 1.82) is 0 Å². The Morgan fingerprint density at radius 2 is 1.93 bits per heavy atom. The molecule has 6 nitrogen and oxygen atoms in total. The third-order valence-electron chi connectivity index (χ3n) is 5.71. The van der Waals surface area contributed by atoms with Gasteiger partial charge in [0.2, 0.25) is 6.41 Å². The van der Waals surface area contributed by atoms with Crippen molar-refractivity contribution in [3.05, 3.63) is 44.8 Å². The van der Waals surface area contributed by atoms with E-state index >= 15 is 0 Å². The number of rotatable bonds is 2. The molecular weight excluding hydrogens is 424 g/mol. The molecule has 1 fully saturated rings. The lowest BCUT2D eigenvalue weighted by atomic mass is 9.82. The van der Waals surface area contributed by atoms with Gasteiger partial charge in [-0.25, -0.2) is 0 Å². The predicted molar refractivity (Wildman–Crippen MR) is 119 cm³/mol. The topological polar surface area (TPSA) is 89.7 Å². The second-order valence-corrected chi connectivity index (χ2v) is 9.26. The smallest absolute Gasteiger partial charge is 0.209 e. The average Bonchev–Trinajstić information content (AvgIpc) is 2.97. The van der Waals surface area contributed by atoms with Crippen LogP contribution in [-0.4, -0.2) is 41.6 Å². The van der Waals surface area contributed by atoms with Crippen LogP contribution in [0.3, 0.4) is 0 Å². The predicted octanol–water partition coefficient (Wildman–Crippen LogP) is 4.45. The zero-order chi connectivity index (χ0) is 22.1. The molecule has 0 radical (unpaired) electrons. The van der Waals surface area contributed by atoms with E-state index in [-0.39, 0.29) is 11.6 Å². The van der Waals surface area contributed by atoms with Crippen LogP contribution in [0, 0.1) is 13.8 Å². The number of benzene rings is 1. The van der Waals surface area contributed by atoms with Crippen molar-refractivity contribution < 1.29 is 19.1 Å². The summed E-state index contributed by atoms with van der Waals surface area (Å²) in [5.74, 6) is 0.788. The Hall–Kier alpha value is -2.38. The van der Waals surface area contributed by atoms with E-state index in [0.29, 0.717) is 48.7 Å². The molecule has 2 aromatic rings. The van der Waals surface area contributed by atoms with Crippen molar-refractivity contribution in [2.75, 3.05) is 18.8 Å². The number of nitrogens with zero attached hydrogens (tertiary/aromatic N) is 1. The minimum atomic E-state index is -0.447. The van der Waals surface area contributed by atoms with Crippen LogP contribution in [0.25, 0.3) is 0 Å². The number of thiophene rings is 1. The molecule has 1 spiro atoms. The molecule has 0 saturated carbocycles. The number of carbonyl (C=O) groups excluding carboxylic acids is 3. The quantitative estimate of drug-likeness (QED) is 0.541. The highest BCUT2D eigenvalue weighted by molar-refractivity contribution is 7.18. The minimum absolute atomic E-state index is 0.0725. The molecule has 1 aromatic carbocycles. The number of fused-ring (bicyclic) bond motifs is 1. The van der Waals surface area contributed by atoms with Crippen LogP contribution in [0.4, 0.5) is 5.00 Å². The Morgan fingerprint density at radius 3 is 2.43 bits per heavy atom. The summed E-state index contributed by atoms with van der Waals surface area (Å²) in [6.45, 7) is 6.71. The van der Waals surface area contributed by atoms with Crippen molar-refractivity contribution >= 4 is 45.9 Å². The van der Waals surface area contributed by atoms with Gasteiger partial charge in [-0.1, -0.05) is 11.6 Å². The minimum Gasteiger partial charge on any atom is -0.486 e. The van der Waals surface area contributed by atoms with E-state index in [1.54, 1.807) is 30.0 Å². The molecule has 4 rings (SSSR count). The molecule has 8 heteroatoms. The van der Waals surface area contributed by atoms with Gasteiger partial charge in [-0.2, -0.15) is 0 Å². The van der Waals surface area contributed by atoms with Crippen molar-refractivity contribution in [2.45, 2.75) is 45.6 Å². The number of amides is 1. The summed E-state index contributed by atoms with van der Waals surface area (Å²) in [4.78, 5) is 36.5. The molecule has 1 aromatic heterocycles. The lowest BCUT2D eigenvalue weighted by Gasteiger charge is -2.43. The van der Waals surface area contributed by atoms with Crippen LogP contribution < -0.4 is 10.5 Å². The summed E-state index contributed by atoms with van der Waals surface area (Å²) < 4.78 is 6.06. The molecule has 30 heavy (non-hydrogen) atoms. The second kappa shape index (κ2) is 8.78. The number of hydrogen-bond donors (Lipinski definition) is 1. The van der Waals surface area contributed by atoms with Crippen LogP contribution in [0.15, 0.2) is 18.2 Å². The third-order valence-corrected chi connectivity index (χ3v) is 7.27. The van der Waals surface area contributed by atoms with E-state index in [2.05, 4.69) is 0 Å². The van der Waals surface area contributed by atoms with E-state index in [0.717, 1.165) is 27.4 Å². The molecule has 2 aliphatic heterocycles. The van der Waals surface area contributed by atoms with E-state index in [1.165, 1.54) is 11.3 Å². The highest BCUT2D eigenvalue weighted by Crippen LogP contribution is 2.40. The first-order valence-corrected chi connectivity index (χ1v) is 10.9. The summed E-state index contributed by atoms with van der Waals surface area (Å²) in [5, 5.41) is 1.30. The van der Waals surface area contributed by atoms with E-state index < -0.39 is 5.60 Å². The number of halogens is 1. The normalized spacial score (nSPS) is 16.9. The van der Waals surface area contributed by atoms with Gasteiger partial charge in [0.05, 0.1) is 21.9 Å². The standard InChI is InChI=1S/C14H14ClNO3.C8H11NOS/c15-10-1-2-13-11(7-10)12(18)8-14(19-13)3-5-16(9-17)6-4-14;1-4-5(2)8(9)11-7(4)6(3)10/h1-2,7,9H,3-6,8H2;9H2,1-3H3. The first-order chi connectivity index (χ1) is 14.2. The third kappa shape index (κ3) is 4.52. The summed E-state index contributed by atoms with van der Waals surface area (Å²) in [6, 6.07) is 5.14. The van der Waals surface area contributed by atoms with Gasteiger partial charge >= 0.3 is 0 Å². The van der Waals surface area contributed by atoms with Crippen molar-refractivity contribution in [1.82, 2.24) is 4.90 Å². The largest absolute Gasteiger partial charge is 0.486 e. The Labute approximate surface area is 185 Å². The lowest BCUT2D eigenvalue weighted by Crippen LogP contribution is -2.50. The maximum absolute atomic E-state index is 12.2. The van der Waals surface area contributed by atoms with Crippen molar-refractivity contribution in [2.24, 2.45) is 0 Å². The maximum atomic E-state index is 12.2. The first kappa shape index (κ1) is 22.3. The number of ether oxygens (including phenoxy) is 1. The number of likely N-dealkylation sites (tertiary alicyclic amines) is 1. The Bertz CT molecular complexity index is 993. The van der Waals surface area contributed by atoms with Crippen LogP contribution in [0.5, 0.6) is 5.75 Å². The SMILES string of the molecule is CC(=O)c1sc(N)c(C)c1C.O=CN1CCC2(CC1)CC(=O)c1cc(Cl)ccc1O2. The molecule has 1 saturated heterocycles. The van der Waals surface area contributed by atoms with E-state index in [1.807, 2.05) is 13.8 Å². The highest BCUT2D eigenvalue weighted by Gasteiger charge is 2.42. The molecule has 0 bridgehead atoms. The number of carbonyl (C=O) groups is 3. The van der Waals surface area contributed by atoms with Gasteiger partial charge in [-0.15, -0.1) is 11.3 Å². The average molecular weight is 449 g/mol. The monoisotopic (exact) mass is 448 g/mol. The summed E-state index contributed by atoms with van der Waals surface area (Å²) >= 11 is 7.28. The fraction of sp³-hybridized carbons (Fsp3) is 0.409.